The zero-order valence-electron chi connectivity index (χ0n) is 15.6. The molecule has 2 aromatic heterocycles. The Balaban J connectivity index is 1.53. The second kappa shape index (κ2) is 6.86. The Bertz CT molecular complexity index is 1000. The van der Waals surface area contributed by atoms with Crippen molar-refractivity contribution in [2.24, 2.45) is 0 Å². The monoisotopic (exact) mass is 365 g/mol. The number of hydrogen-bond acceptors (Lipinski definition) is 6. The number of amides is 1. The Morgan fingerprint density at radius 2 is 2.00 bits per heavy atom. The van der Waals surface area contributed by atoms with Gasteiger partial charge in [-0.3, -0.25) is 4.79 Å². The molecule has 3 N–H and O–H groups in total. The lowest BCUT2D eigenvalue weighted by molar-refractivity contribution is -0.115. The van der Waals surface area contributed by atoms with Gasteiger partial charge >= 0.3 is 0 Å². The highest BCUT2D eigenvalue weighted by molar-refractivity contribution is 5.93. The summed E-state index contributed by atoms with van der Waals surface area (Å²) in [7, 11) is 0. The molecule has 1 aliphatic rings. The van der Waals surface area contributed by atoms with Gasteiger partial charge < -0.3 is 16.0 Å². The van der Waals surface area contributed by atoms with Crippen LogP contribution in [0.15, 0.2) is 24.3 Å². The van der Waals surface area contributed by atoms with Crippen molar-refractivity contribution >= 4 is 29.0 Å². The molecule has 0 spiro atoms. The number of nitrogens with two attached hydrogens (primary N) is 1. The number of carbonyl (C=O) groups excluding carboxylic acids is 1. The number of fused-ring (bicyclic) bond motifs is 1. The maximum atomic E-state index is 12.6. The maximum Gasteiger partial charge on any atom is 0.254 e. The number of anilines is 3. The van der Waals surface area contributed by atoms with Crippen molar-refractivity contribution in [2.45, 2.75) is 33.1 Å². The Hall–Kier alpha value is -3.16. The molecule has 0 radical (unpaired) electrons. The van der Waals surface area contributed by atoms with Crippen molar-refractivity contribution < 1.29 is 4.79 Å². The SMILES string of the molecule is Cc1nc2nc(N)nn2c(C)c1CC(=O)Nc1cccc(N2CCCC2)c1. The van der Waals surface area contributed by atoms with Gasteiger partial charge in [-0.25, -0.2) is 4.98 Å². The van der Waals surface area contributed by atoms with E-state index >= 15 is 0 Å². The first-order valence-corrected chi connectivity index (χ1v) is 9.14. The molecule has 0 unspecified atom stereocenters. The molecule has 3 heterocycles. The molecule has 140 valence electrons. The fraction of sp³-hybridized carbons (Fsp3) is 0.368. The molecule has 1 aliphatic heterocycles. The van der Waals surface area contributed by atoms with E-state index in [1.165, 1.54) is 12.8 Å². The average Bonchev–Trinajstić information content (AvgIpc) is 3.28. The first-order valence-electron chi connectivity index (χ1n) is 9.14. The summed E-state index contributed by atoms with van der Waals surface area (Å²) >= 11 is 0. The fourth-order valence-electron chi connectivity index (χ4n) is 3.60. The van der Waals surface area contributed by atoms with Gasteiger partial charge in [0, 0.05) is 41.4 Å². The van der Waals surface area contributed by atoms with E-state index < -0.39 is 0 Å². The van der Waals surface area contributed by atoms with Crippen molar-refractivity contribution in [3.8, 4) is 0 Å². The molecule has 1 fully saturated rings. The summed E-state index contributed by atoms with van der Waals surface area (Å²) in [6.45, 7) is 5.91. The van der Waals surface area contributed by atoms with Crippen LogP contribution in [0.2, 0.25) is 0 Å². The molecule has 1 aromatic carbocycles. The van der Waals surface area contributed by atoms with Crippen molar-refractivity contribution in [1.29, 1.82) is 0 Å². The molecule has 0 atom stereocenters. The zero-order valence-corrected chi connectivity index (χ0v) is 15.6. The molecule has 3 aromatic rings. The molecule has 0 aliphatic carbocycles. The van der Waals surface area contributed by atoms with Gasteiger partial charge in [0.1, 0.15) is 0 Å². The van der Waals surface area contributed by atoms with Crippen molar-refractivity contribution in [1.82, 2.24) is 19.6 Å². The molecule has 4 rings (SSSR count). The number of benzene rings is 1. The van der Waals surface area contributed by atoms with Crippen molar-refractivity contribution in [2.75, 3.05) is 29.0 Å². The topological polar surface area (TPSA) is 101 Å². The normalized spacial score (nSPS) is 14.1. The van der Waals surface area contributed by atoms with Gasteiger partial charge in [0.15, 0.2) is 0 Å². The van der Waals surface area contributed by atoms with Gasteiger partial charge in [0.05, 0.1) is 6.42 Å². The van der Waals surface area contributed by atoms with Gasteiger partial charge in [0.25, 0.3) is 5.78 Å². The average molecular weight is 365 g/mol. The number of carbonyl (C=O) groups is 1. The van der Waals surface area contributed by atoms with Crippen LogP contribution >= 0.6 is 0 Å². The predicted molar refractivity (Wildman–Crippen MR) is 105 cm³/mol. The molecule has 0 bridgehead atoms. The van der Waals surface area contributed by atoms with E-state index in [1.54, 1.807) is 4.52 Å². The zero-order chi connectivity index (χ0) is 19.0. The second-order valence-electron chi connectivity index (χ2n) is 6.91. The standard InChI is InChI=1S/C19H23N7O/c1-12-16(13(2)26-19(21-12)23-18(20)24-26)11-17(27)22-14-6-5-7-15(10-14)25-8-3-4-9-25/h5-7,10H,3-4,8-9,11H2,1-2H3,(H2,20,24)(H,22,27). The number of rotatable bonds is 4. The van der Waals surface area contributed by atoms with Gasteiger partial charge in [-0.1, -0.05) is 6.07 Å². The first-order chi connectivity index (χ1) is 13.0. The third-order valence-corrected chi connectivity index (χ3v) is 5.00. The second-order valence-corrected chi connectivity index (χ2v) is 6.91. The number of hydrogen-bond donors (Lipinski definition) is 2. The number of nitrogen functional groups attached to an aromatic ring is 1. The van der Waals surface area contributed by atoms with Gasteiger partial charge in [0.2, 0.25) is 11.9 Å². The van der Waals surface area contributed by atoms with Gasteiger partial charge in [-0.05, 0) is 44.9 Å². The number of nitrogens with one attached hydrogen (secondary N) is 1. The van der Waals surface area contributed by atoms with Crippen molar-refractivity contribution in [3.05, 3.63) is 41.2 Å². The van der Waals surface area contributed by atoms with Crippen LogP contribution in [0.3, 0.4) is 0 Å². The highest BCUT2D eigenvalue weighted by Crippen LogP contribution is 2.23. The van der Waals surface area contributed by atoms with E-state index in [0.717, 1.165) is 41.4 Å². The predicted octanol–water partition coefficient (Wildman–Crippen LogP) is 2.10. The van der Waals surface area contributed by atoms with Crippen LogP contribution in [-0.2, 0) is 11.2 Å². The Morgan fingerprint density at radius 1 is 1.22 bits per heavy atom. The van der Waals surface area contributed by atoms with Crippen LogP contribution < -0.4 is 16.0 Å². The summed E-state index contributed by atoms with van der Waals surface area (Å²) in [5.41, 5.74) is 10.0. The van der Waals surface area contributed by atoms with Crippen LogP contribution in [0.4, 0.5) is 17.3 Å². The van der Waals surface area contributed by atoms with Crippen LogP contribution in [0.5, 0.6) is 0 Å². The summed E-state index contributed by atoms with van der Waals surface area (Å²) in [6.07, 6.45) is 2.66. The largest absolute Gasteiger partial charge is 0.371 e. The smallest absolute Gasteiger partial charge is 0.254 e. The van der Waals surface area contributed by atoms with Gasteiger partial charge in [-0.2, -0.15) is 9.50 Å². The van der Waals surface area contributed by atoms with E-state index in [0.29, 0.717) is 5.78 Å². The Morgan fingerprint density at radius 3 is 2.78 bits per heavy atom. The lowest BCUT2D eigenvalue weighted by atomic mass is 10.1. The fourth-order valence-corrected chi connectivity index (χ4v) is 3.60. The van der Waals surface area contributed by atoms with Gasteiger partial charge in [-0.15, -0.1) is 5.10 Å². The lowest BCUT2D eigenvalue weighted by Crippen LogP contribution is -2.19. The molecule has 0 saturated carbocycles. The number of aromatic nitrogens is 4. The van der Waals surface area contributed by atoms with Crippen LogP contribution in [-0.4, -0.2) is 38.6 Å². The summed E-state index contributed by atoms with van der Waals surface area (Å²) in [4.78, 5) is 23.5. The maximum absolute atomic E-state index is 12.6. The molecule has 8 heteroatoms. The molecular formula is C19H23N7O. The highest BCUT2D eigenvalue weighted by atomic mass is 16.1. The van der Waals surface area contributed by atoms with E-state index in [4.69, 9.17) is 5.73 Å². The highest BCUT2D eigenvalue weighted by Gasteiger charge is 2.16. The van der Waals surface area contributed by atoms with E-state index in [9.17, 15) is 4.79 Å². The molecule has 1 saturated heterocycles. The number of aryl methyl sites for hydroxylation is 2. The van der Waals surface area contributed by atoms with E-state index in [1.807, 2.05) is 32.0 Å². The summed E-state index contributed by atoms with van der Waals surface area (Å²) in [5.74, 6) is 0.532. The summed E-state index contributed by atoms with van der Waals surface area (Å²) in [5, 5.41) is 7.14. The third-order valence-electron chi connectivity index (χ3n) is 5.00. The van der Waals surface area contributed by atoms with Crippen molar-refractivity contribution in [3.63, 3.8) is 0 Å². The minimum atomic E-state index is -0.0889. The van der Waals surface area contributed by atoms with E-state index in [2.05, 4.69) is 31.3 Å². The Labute approximate surface area is 157 Å². The molecule has 27 heavy (non-hydrogen) atoms. The van der Waals surface area contributed by atoms with E-state index in [-0.39, 0.29) is 18.3 Å². The Kier molecular flexibility index (Phi) is 4.39. The summed E-state index contributed by atoms with van der Waals surface area (Å²) in [6, 6.07) is 8.01. The minimum absolute atomic E-state index is 0.0889. The molecular weight excluding hydrogens is 342 g/mol. The lowest BCUT2D eigenvalue weighted by Gasteiger charge is -2.18. The third kappa shape index (κ3) is 3.42. The molecule has 1 amide bonds. The van der Waals surface area contributed by atoms with Crippen LogP contribution in [0, 0.1) is 13.8 Å². The quantitative estimate of drug-likeness (QED) is 0.734. The molecule has 8 nitrogen and oxygen atoms in total. The minimum Gasteiger partial charge on any atom is -0.371 e. The van der Waals surface area contributed by atoms with Crippen LogP contribution in [0.1, 0.15) is 29.8 Å². The van der Waals surface area contributed by atoms with Crippen LogP contribution in [0.25, 0.3) is 5.78 Å². The first kappa shape index (κ1) is 17.3. The number of nitrogens with zero attached hydrogens (tertiary/aromatic N) is 5. The summed E-state index contributed by atoms with van der Waals surface area (Å²) < 4.78 is 1.58.